The Hall–Kier alpha value is -3.23. The van der Waals surface area contributed by atoms with Gasteiger partial charge in [0.05, 0.1) is 11.1 Å². The molecule has 0 radical (unpaired) electrons. The van der Waals surface area contributed by atoms with Crippen molar-refractivity contribution < 1.29 is 22.4 Å². The molecule has 6 nitrogen and oxygen atoms in total. The normalized spacial score (nSPS) is 11.8. The van der Waals surface area contributed by atoms with Crippen molar-refractivity contribution >= 4 is 28.5 Å². The molecule has 0 saturated heterocycles. The first kappa shape index (κ1) is 18.6. The fraction of sp³-hybridized carbons (Fsp3) is 0.222. The minimum absolute atomic E-state index is 0.000829. The van der Waals surface area contributed by atoms with Gasteiger partial charge in [0.2, 0.25) is 0 Å². The van der Waals surface area contributed by atoms with Crippen molar-refractivity contribution in [3.8, 4) is 0 Å². The van der Waals surface area contributed by atoms with E-state index in [1.54, 1.807) is 12.1 Å². The molecule has 9 heteroatoms. The molecule has 3 aromatic rings. The average molecular weight is 379 g/mol. The van der Waals surface area contributed by atoms with Gasteiger partial charge in [0.25, 0.3) is 0 Å². The van der Waals surface area contributed by atoms with Crippen LogP contribution in [0.2, 0.25) is 0 Å². The maximum absolute atomic E-state index is 12.7. The number of aromatic nitrogens is 1. The van der Waals surface area contributed by atoms with E-state index in [0.717, 1.165) is 12.1 Å². The molecule has 3 rings (SSSR count). The van der Waals surface area contributed by atoms with E-state index in [0.29, 0.717) is 16.8 Å². The number of carbonyl (C=O) groups excluding carboxylic acids is 1. The summed E-state index contributed by atoms with van der Waals surface area (Å²) in [5.74, 6) is -0.509. The van der Waals surface area contributed by atoms with Crippen LogP contribution in [0.1, 0.15) is 25.5 Å². The quantitative estimate of drug-likeness (QED) is 0.684. The number of oxazole rings is 1. The van der Waals surface area contributed by atoms with Gasteiger partial charge in [-0.15, -0.1) is 0 Å². The van der Waals surface area contributed by atoms with Gasteiger partial charge in [-0.25, -0.2) is 9.59 Å². The predicted octanol–water partition coefficient (Wildman–Crippen LogP) is 4.84. The molecule has 0 atom stereocenters. The Morgan fingerprint density at radius 1 is 1.07 bits per heavy atom. The molecule has 0 bridgehead atoms. The number of urea groups is 1. The van der Waals surface area contributed by atoms with Gasteiger partial charge < -0.3 is 15.1 Å². The summed E-state index contributed by atoms with van der Waals surface area (Å²) in [5.41, 5.74) is 0.348. The Balaban J connectivity index is 1.78. The van der Waals surface area contributed by atoms with Gasteiger partial charge in [-0.1, -0.05) is 6.07 Å². The Kier molecular flexibility index (Phi) is 4.69. The highest BCUT2D eigenvalue weighted by Gasteiger charge is 2.30. The van der Waals surface area contributed by atoms with Gasteiger partial charge >= 0.3 is 18.0 Å². The van der Waals surface area contributed by atoms with E-state index in [2.05, 4.69) is 10.6 Å². The van der Waals surface area contributed by atoms with E-state index in [-0.39, 0.29) is 11.7 Å². The third-order valence-electron chi connectivity index (χ3n) is 3.84. The Morgan fingerprint density at radius 3 is 2.37 bits per heavy atom. The highest BCUT2D eigenvalue weighted by Crippen LogP contribution is 2.30. The summed E-state index contributed by atoms with van der Waals surface area (Å²) in [4.78, 5) is 23.9. The lowest BCUT2D eigenvalue weighted by atomic mass is 10.2. The number of rotatable bonds is 3. The number of benzene rings is 2. The van der Waals surface area contributed by atoms with Crippen molar-refractivity contribution in [1.29, 1.82) is 0 Å². The predicted molar refractivity (Wildman–Crippen MR) is 94.9 cm³/mol. The van der Waals surface area contributed by atoms with Crippen molar-refractivity contribution in [3.63, 3.8) is 0 Å². The standard InChI is InChI=1S/C18H16F3N3O3/c1-10(2)24-14-7-6-13(9-15(14)27-17(24)26)23-16(25)22-12-5-3-4-11(8-12)18(19,20)21/h3-10H,1-2H3,(H2,22,23,25). The molecule has 0 spiro atoms. The number of anilines is 2. The van der Waals surface area contributed by atoms with Crippen LogP contribution in [0.15, 0.2) is 51.7 Å². The first-order valence-electron chi connectivity index (χ1n) is 8.05. The van der Waals surface area contributed by atoms with Crippen LogP contribution in [0.5, 0.6) is 0 Å². The minimum atomic E-state index is -4.50. The molecule has 2 aromatic carbocycles. The monoisotopic (exact) mass is 379 g/mol. The summed E-state index contributed by atoms with van der Waals surface area (Å²) in [5, 5.41) is 4.83. The van der Waals surface area contributed by atoms with Crippen molar-refractivity contribution in [2.24, 2.45) is 0 Å². The molecule has 0 saturated carbocycles. The van der Waals surface area contributed by atoms with Crippen molar-refractivity contribution in [2.45, 2.75) is 26.1 Å². The Morgan fingerprint density at radius 2 is 1.74 bits per heavy atom. The molecular formula is C18H16F3N3O3. The zero-order chi connectivity index (χ0) is 19.8. The number of hydrogen-bond donors (Lipinski definition) is 2. The maximum Gasteiger partial charge on any atom is 0.420 e. The Labute approximate surface area is 151 Å². The van der Waals surface area contributed by atoms with Gasteiger partial charge in [0.15, 0.2) is 5.58 Å². The smallest absolute Gasteiger partial charge is 0.408 e. The fourth-order valence-corrected chi connectivity index (χ4v) is 2.67. The molecular weight excluding hydrogens is 363 g/mol. The first-order valence-corrected chi connectivity index (χ1v) is 8.05. The maximum atomic E-state index is 12.7. The van der Waals surface area contributed by atoms with E-state index in [9.17, 15) is 22.8 Å². The van der Waals surface area contributed by atoms with Crippen LogP contribution in [0.4, 0.5) is 29.3 Å². The molecule has 2 amide bonds. The zero-order valence-corrected chi connectivity index (χ0v) is 14.4. The minimum Gasteiger partial charge on any atom is -0.408 e. The highest BCUT2D eigenvalue weighted by atomic mass is 19.4. The summed E-state index contributed by atoms with van der Waals surface area (Å²) < 4.78 is 44.8. The van der Waals surface area contributed by atoms with Gasteiger partial charge in [-0.3, -0.25) is 4.57 Å². The number of nitrogens with one attached hydrogen (secondary N) is 2. The summed E-state index contributed by atoms with van der Waals surface area (Å²) in [7, 11) is 0. The van der Waals surface area contributed by atoms with E-state index in [4.69, 9.17) is 4.42 Å². The van der Waals surface area contributed by atoms with E-state index in [1.165, 1.54) is 22.8 Å². The van der Waals surface area contributed by atoms with Crippen LogP contribution in [-0.2, 0) is 6.18 Å². The largest absolute Gasteiger partial charge is 0.420 e. The zero-order valence-electron chi connectivity index (χ0n) is 14.4. The third kappa shape index (κ3) is 3.97. The van der Waals surface area contributed by atoms with Gasteiger partial charge in [-0.2, -0.15) is 13.2 Å². The number of hydrogen-bond acceptors (Lipinski definition) is 3. The topological polar surface area (TPSA) is 76.3 Å². The number of amides is 2. The van der Waals surface area contributed by atoms with Crippen LogP contribution < -0.4 is 16.4 Å². The number of nitrogens with zero attached hydrogens (tertiary/aromatic N) is 1. The summed E-state index contributed by atoms with van der Waals surface area (Å²) >= 11 is 0. The lowest BCUT2D eigenvalue weighted by molar-refractivity contribution is -0.137. The molecule has 1 aromatic heterocycles. The Bertz CT molecular complexity index is 1050. The van der Waals surface area contributed by atoms with Gasteiger partial charge in [0.1, 0.15) is 0 Å². The second-order valence-electron chi connectivity index (χ2n) is 6.17. The lowest BCUT2D eigenvalue weighted by Gasteiger charge is -2.11. The number of halogens is 3. The molecule has 0 fully saturated rings. The van der Waals surface area contributed by atoms with Crippen LogP contribution in [0.25, 0.3) is 11.1 Å². The van der Waals surface area contributed by atoms with Crippen LogP contribution in [-0.4, -0.2) is 10.6 Å². The summed E-state index contributed by atoms with van der Waals surface area (Å²) in [6, 6.07) is 8.15. The summed E-state index contributed by atoms with van der Waals surface area (Å²) in [6.45, 7) is 3.68. The van der Waals surface area contributed by atoms with E-state index >= 15 is 0 Å². The van der Waals surface area contributed by atoms with Gasteiger partial charge in [-0.05, 0) is 44.2 Å². The highest BCUT2D eigenvalue weighted by molar-refractivity contribution is 6.00. The van der Waals surface area contributed by atoms with Crippen LogP contribution in [0.3, 0.4) is 0 Å². The molecule has 2 N–H and O–H groups in total. The number of fused-ring (bicyclic) bond motifs is 1. The van der Waals surface area contributed by atoms with Crippen molar-refractivity contribution in [1.82, 2.24) is 4.57 Å². The second kappa shape index (κ2) is 6.82. The third-order valence-corrected chi connectivity index (χ3v) is 3.84. The molecule has 0 aliphatic carbocycles. The van der Waals surface area contributed by atoms with Gasteiger partial charge in [0, 0.05) is 23.5 Å². The molecule has 0 unspecified atom stereocenters. The van der Waals surface area contributed by atoms with Crippen LogP contribution in [0, 0.1) is 0 Å². The molecule has 0 aliphatic heterocycles. The number of alkyl halides is 3. The van der Waals surface area contributed by atoms with Crippen molar-refractivity contribution in [3.05, 3.63) is 58.6 Å². The van der Waals surface area contributed by atoms with Crippen molar-refractivity contribution in [2.75, 3.05) is 10.6 Å². The summed E-state index contributed by atoms with van der Waals surface area (Å²) in [6.07, 6.45) is -4.50. The molecule has 0 aliphatic rings. The lowest BCUT2D eigenvalue weighted by Crippen LogP contribution is -2.19. The second-order valence-corrected chi connectivity index (χ2v) is 6.17. The van der Waals surface area contributed by atoms with Crippen LogP contribution >= 0.6 is 0 Å². The van der Waals surface area contributed by atoms with E-state index < -0.39 is 23.5 Å². The molecule has 142 valence electrons. The molecule has 27 heavy (non-hydrogen) atoms. The van der Waals surface area contributed by atoms with E-state index in [1.807, 2.05) is 13.8 Å². The SMILES string of the molecule is CC(C)n1c(=O)oc2cc(NC(=O)Nc3cccc(C(F)(F)F)c3)ccc21. The average Bonchev–Trinajstić information content (AvgIpc) is 2.89. The molecule has 1 heterocycles. The number of carbonyl (C=O) groups is 1. The first-order chi connectivity index (χ1) is 12.6. The fourth-order valence-electron chi connectivity index (χ4n) is 2.67.